The SMILES string of the molecule is CCCC(C(=O)O)n1nnnc1CCc1ccc(C)cc1. The first kappa shape index (κ1) is 15.2. The zero-order valence-electron chi connectivity index (χ0n) is 12.4. The van der Waals surface area contributed by atoms with Crippen LogP contribution in [0.25, 0.3) is 0 Å². The van der Waals surface area contributed by atoms with Crippen molar-refractivity contribution in [3.05, 3.63) is 41.2 Å². The van der Waals surface area contributed by atoms with E-state index < -0.39 is 12.0 Å². The Hall–Kier alpha value is -2.24. The standard InChI is InChI=1S/C15H20N4O2/c1-3-4-13(15(20)21)19-14(16-17-18-19)10-9-12-7-5-11(2)6-8-12/h5-8,13H,3-4,9-10H2,1-2H3,(H,20,21). The number of aliphatic carboxylic acids is 1. The van der Waals surface area contributed by atoms with E-state index in [9.17, 15) is 9.90 Å². The molecule has 1 unspecified atom stereocenters. The van der Waals surface area contributed by atoms with Gasteiger partial charge in [-0.2, -0.15) is 0 Å². The minimum Gasteiger partial charge on any atom is -0.480 e. The van der Waals surface area contributed by atoms with Gasteiger partial charge in [0.25, 0.3) is 0 Å². The molecule has 0 aliphatic heterocycles. The highest BCUT2D eigenvalue weighted by Crippen LogP contribution is 2.15. The van der Waals surface area contributed by atoms with Crippen LogP contribution in [0, 0.1) is 6.92 Å². The molecule has 0 bridgehead atoms. The number of nitrogens with zero attached hydrogens (tertiary/aromatic N) is 4. The predicted octanol–water partition coefficient (Wildman–Crippen LogP) is 2.19. The van der Waals surface area contributed by atoms with Crippen LogP contribution in [0.3, 0.4) is 0 Å². The number of carbonyl (C=O) groups is 1. The van der Waals surface area contributed by atoms with E-state index in [2.05, 4.69) is 39.8 Å². The van der Waals surface area contributed by atoms with Gasteiger partial charge in [-0.05, 0) is 35.8 Å². The maximum absolute atomic E-state index is 11.3. The largest absolute Gasteiger partial charge is 0.480 e. The second kappa shape index (κ2) is 6.97. The summed E-state index contributed by atoms with van der Waals surface area (Å²) in [6, 6.07) is 7.59. The summed E-state index contributed by atoms with van der Waals surface area (Å²) in [7, 11) is 0. The lowest BCUT2D eigenvalue weighted by Crippen LogP contribution is -2.22. The van der Waals surface area contributed by atoms with Crippen molar-refractivity contribution < 1.29 is 9.90 Å². The smallest absolute Gasteiger partial charge is 0.328 e. The molecule has 0 fully saturated rings. The van der Waals surface area contributed by atoms with Gasteiger partial charge in [-0.3, -0.25) is 0 Å². The van der Waals surface area contributed by atoms with Crippen molar-refractivity contribution in [3.8, 4) is 0 Å². The second-order valence-electron chi connectivity index (χ2n) is 5.17. The molecule has 1 aromatic carbocycles. The molecule has 0 saturated carbocycles. The van der Waals surface area contributed by atoms with E-state index in [0.29, 0.717) is 18.7 Å². The molecular formula is C15H20N4O2. The molecule has 1 N–H and O–H groups in total. The number of tetrazole rings is 1. The molecule has 6 heteroatoms. The van der Waals surface area contributed by atoms with Crippen LogP contribution >= 0.6 is 0 Å². The molecule has 2 rings (SSSR count). The molecule has 0 spiro atoms. The maximum Gasteiger partial charge on any atom is 0.328 e. The van der Waals surface area contributed by atoms with Crippen LogP contribution in [0.1, 0.15) is 42.8 Å². The van der Waals surface area contributed by atoms with Gasteiger partial charge in [-0.25, -0.2) is 9.48 Å². The van der Waals surface area contributed by atoms with Crippen molar-refractivity contribution in [1.82, 2.24) is 20.2 Å². The summed E-state index contributed by atoms with van der Waals surface area (Å²) in [5.74, 6) is -0.267. The number of carboxylic acid groups (broad SMARTS) is 1. The van der Waals surface area contributed by atoms with Crippen LogP contribution in [-0.4, -0.2) is 31.3 Å². The van der Waals surface area contributed by atoms with Crippen molar-refractivity contribution in [2.45, 2.75) is 45.6 Å². The van der Waals surface area contributed by atoms with E-state index in [1.54, 1.807) is 0 Å². The molecule has 1 aromatic heterocycles. The molecule has 0 aliphatic carbocycles. The van der Waals surface area contributed by atoms with Crippen molar-refractivity contribution in [2.75, 3.05) is 0 Å². The molecule has 6 nitrogen and oxygen atoms in total. The van der Waals surface area contributed by atoms with E-state index in [4.69, 9.17) is 0 Å². The Bertz CT molecular complexity index is 592. The zero-order chi connectivity index (χ0) is 15.2. The van der Waals surface area contributed by atoms with Crippen molar-refractivity contribution in [3.63, 3.8) is 0 Å². The number of carboxylic acids is 1. The Morgan fingerprint density at radius 1 is 1.29 bits per heavy atom. The first-order valence-corrected chi connectivity index (χ1v) is 7.17. The summed E-state index contributed by atoms with van der Waals surface area (Å²) in [5.41, 5.74) is 2.41. The minimum atomic E-state index is -0.888. The third-order valence-electron chi connectivity index (χ3n) is 3.46. The fraction of sp³-hybridized carbons (Fsp3) is 0.467. The quantitative estimate of drug-likeness (QED) is 0.844. The summed E-state index contributed by atoms with van der Waals surface area (Å²) < 4.78 is 1.44. The van der Waals surface area contributed by atoms with Gasteiger partial charge in [0.1, 0.15) is 0 Å². The number of aryl methyl sites for hydroxylation is 3. The Labute approximate surface area is 123 Å². The monoisotopic (exact) mass is 288 g/mol. The molecule has 0 amide bonds. The average Bonchev–Trinajstić information content (AvgIpc) is 2.92. The lowest BCUT2D eigenvalue weighted by molar-refractivity contribution is -0.141. The highest BCUT2D eigenvalue weighted by molar-refractivity contribution is 5.71. The van der Waals surface area contributed by atoms with Crippen LogP contribution in [-0.2, 0) is 17.6 Å². The molecular weight excluding hydrogens is 268 g/mol. The summed E-state index contributed by atoms with van der Waals surface area (Å²) in [5, 5.41) is 20.8. The van der Waals surface area contributed by atoms with Gasteiger partial charge in [0.15, 0.2) is 11.9 Å². The summed E-state index contributed by atoms with van der Waals surface area (Å²) in [6.45, 7) is 4.00. The third kappa shape index (κ3) is 3.87. The molecule has 21 heavy (non-hydrogen) atoms. The number of benzene rings is 1. The normalized spacial score (nSPS) is 12.3. The molecule has 0 radical (unpaired) electrons. The number of hydrogen-bond acceptors (Lipinski definition) is 4. The fourth-order valence-electron chi connectivity index (χ4n) is 2.25. The fourth-order valence-corrected chi connectivity index (χ4v) is 2.25. The molecule has 2 aromatic rings. The van der Waals surface area contributed by atoms with Crippen LogP contribution < -0.4 is 0 Å². The first-order chi connectivity index (χ1) is 10.1. The van der Waals surface area contributed by atoms with Gasteiger partial charge in [0.05, 0.1) is 0 Å². The van der Waals surface area contributed by atoms with Crippen LogP contribution in [0.5, 0.6) is 0 Å². The lowest BCUT2D eigenvalue weighted by atomic mass is 10.1. The predicted molar refractivity (Wildman–Crippen MR) is 78.0 cm³/mol. The Balaban J connectivity index is 2.09. The van der Waals surface area contributed by atoms with E-state index in [-0.39, 0.29) is 0 Å². The first-order valence-electron chi connectivity index (χ1n) is 7.17. The van der Waals surface area contributed by atoms with Crippen LogP contribution in [0.4, 0.5) is 0 Å². The minimum absolute atomic E-state index is 0.526. The lowest BCUT2D eigenvalue weighted by Gasteiger charge is -2.12. The van der Waals surface area contributed by atoms with Gasteiger partial charge in [-0.15, -0.1) is 5.10 Å². The maximum atomic E-state index is 11.3. The van der Waals surface area contributed by atoms with E-state index in [0.717, 1.165) is 12.8 Å². The van der Waals surface area contributed by atoms with Crippen LogP contribution in [0.2, 0.25) is 0 Å². The van der Waals surface area contributed by atoms with Gasteiger partial charge in [0, 0.05) is 6.42 Å². The number of hydrogen-bond donors (Lipinski definition) is 1. The Morgan fingerprint density at radius 3 is 2.62 bits per heavy atom. The molecule has 1 atom stereocenters. The highest BCUT2D eigenvalue weighted by Gasteiger charge is 2.23. The summed E-state index contributed by atoms with van der Waals surface area (Å²) >= 11 is 0. The summed E-state index contributed by atoms with van der Waals surface area (Å²) in [6.07, 6.45) is 2.72. The second-order valence-corrected chi connectivity index (χ2v) is 5.17. The van der Waals surface area contributed by atoms with E-state index in [1.165, 1.54) is 15.8 Å². The average molecular weight is 288 g/mol. The highest BCUT2D eigenvalue weighted by atomic mass is 16.4. The van der Waals surface area contributed by atoms with E-state index in [1.807, 2.05) is 13.8 Å². The van der Waals surface area contributed by atoms with Crippen molar-refractivity contribution in [1.29, 1.82) is 0 Å². The van der Waals surface area contributed by atoms with Gasteiger partial charge >= 0.3 is 5.97 Å². The van der Waals surface area contributed by atoms with E-state index >= 15 is 0 Å². The molecule has 1 heterocycles. The Morgan fingerprint density at radius 2 is 2.00 bits per heavy atom. The Kier molecular flexibility index (Phi) is 5.03. The van der Waals surface area contributed by atoms with Gasteiger partial charge in [-0.1, -0.05) is 43.2 Å². The zero-order valence-corrected chi connectivity index (χ0v) is 12.4. The van der Waals surface area contributed by atoms with Crippen molar-refractivity contribution in [2.24, 2.45) is 0 Å². The molecule has 0 saturated heterocycles. The summed E-state index contributed by atoms with van der Waals surface area (Å²) in [4.78, 5) is 11.3. The third-order valence-corrected chi connectivity index (χ3v) is 3.46. The number of rotatable bonds is 7. The molecule has 0 aliphatic rings. The molecule has 112 valence electrons. The number of aromatic nitrogens is 4. The van der Waals surface area contributed by atoms with Crippen LogP contribution in [0.15, 0.2) is 24.3 Å². The topological polar surface area (TPSA) is 80.9 Å². The van der Waals surface area contributed by atoms with Crippen molar-refractivity contribution >= 4 is 5.97 Å². The van der Waals surface area contributed by atoms with Gasteiger partial charge in [0.2, 0.25) is 0 Å². The van der Waals surface area contributed by atoms with Gasteiger partial charge < -0.3 is 5.11 Å².